The largest absolute Gasteiger partial charge is 0.466 e. The number of hydrogen-bond acceptors (Lipinski definition) is 3. The predicted octanol–water partition coefficient (Wildman–Crippen LogP) is 1.10. The molecular weight excluding hydrogens is 144 g/mol. The van der Waals surface area contributed by atoms with E-state index in [-0.39, 0.29) is 12.4 Å². The number of carbonyl (C=O) groups excluding carboxylic acids is 1. The molecule has 0 saturated carbocycles. The molecule has 0 aliphatic carbocycles. The number of carbonyl (C=O) groups is 1. The maximum absolute atomic E-state index is 10.7. The second-order valence-electron chi connectivity index (χ2n) is 2.45. The molecule has 0 radical (unpaired) electrons. The highest BCUT2D eigenvalue weighted by atomic mass is 16.5. The predicted molar refractivity (Wildman–Crippen MR) is 42.2 cm³/mol. The van der Waals surface area contributed by atoms with Crippen LogP contribution in [0, 0.1) is 0 Å². The molecule has 1 N–H and O–H groups in total. The molecule has 0 aromatic carbocycles. The summed E-state index contributed by atoms with van der Waals surface area (Å²) in [5.41, 5.74) is 0. The Kier molecular flexibility index (Phi) is 5.84. The quantitative estimate of drug-likeness (QED) is 0.612. The Labute approximate surface area is 67.4 Å². The Morgan fingerprint density at radius 2 is 2.18 bits per heavy atom. The van der Waals surface area contributed by atoms with E-state index in [1.165, 1.54) is 0 Å². The molecular formula is C8H16O3. The summed E-state index contributed by atoms with van der Waals surface area (Å²) in [5.74, 6) is -0.312. The van der Waals surface area contributed by atoms with Gasteiger partial charge in [0.1, 0.15) is 0 Å². The van der Waals surface area contributed by atoms with Gasteiger partial charge >= 0.3 is 5.97 Å². The van der Waals surface area contributed by atoms with Crippen molar-refractivity contribution in [1.29, 1.82) is 0 Å². The highest BCUT2D eigenvalue weighted by Crippen LogP contribution is 2.01. The third kappa shape index (κ3) is 5.85. The van der Waals surface area contributed by atoms with Crippen LogP contribution in [0.2, 0.25) is 0 Å². The van der Waals surface area contributed by atoms with Crippen molar-refractivity contribution in [2.24, 2.45) is 0 Å². The van der Waals surface area contributed by atoms with Gasteiger partial charge in [0, 0.05) is 0 Å². The molecule has 0 aromatic heterocycles. The third-order valence-electron chi connectivity index (χ3n) is 1.33. The molecule has 0 saturated heterocycles. The van der Waals surface area contributed by atoms with Gasteiger partial charge in [0.15, 0.2) is 0 Å². The van der Waals surface area contributed by atoms with Crippen molar-refractivity contribution in [3.63, 3.8) is 0 Å². The van der Waals surface area contributed by atoms with E-state index in [0.29, 0.717) is 13.0 Å². The summed E-state index contributed by atoms with van der Waals surface area (Å²) >= 11 is 0. The Balaban J connectivity index is 3.40. The lowest BCUT2D eigenvalue weighted by Crippen LogP contribution is -2.15. The lowest BCUT2D eigenvalue weighted by atomic mass is 10.1. The van der Waals surface area contributed by atoms with E-state index in [0.717, 1.165) is 6.42 Å². The van der Waals surface area contributed by atoms with Crippen LogP contribution in [0.5, 0.6) is 0 Å². The molecule has 3 heteroatoms. The van der Waals surface area contributed by atoms with Gasteiger partial charge in [-0.15, -0.1) is 0 Å². The van der Waals surface area contributed by atoms with Crippen LogP contribution in [-0.4, -0.2) is 23.8 Å². The fourth-order valence-electron chi connectivity index (χ4n) is 0.848. The first-order chi connectivity index (χ1) is 5.20. The van der Waals surface area contributed by atoms with Crippen LogP contribution in [0.15, 0.2) is 0 Å². The van der Waals surface area contributed by atoms with E-state index in [1.54, 1.807) is 6.92 Å². The Morgan fingerprint density at radius 3 is 2.64 bits per heavy atom. The minimum absolute atomic E-state index is 0.127. The summed E-state index contributed by atoms with van der Waals surface area (Å²) in [4.78, 5) is 10.7. The molecule has 0 spiro atoms. The van der Waals surface area contributed by atoms with E-state index >= 15 is 0 Å². The van der Waals surface area contributed by atoms with Gasteiger partial charge in [0.25, 0.3) is 0 Å². The number of ether oxygens (including phenoxy) is 1. The molecule has 0 fully saturated rings. The molecule has 0 heterocycles. The first kappa shape index (κ1) is 10.4. The smallest absolute Gasteiger partial charge is 0.308 e. The van der Waals surface area contributed by atoms with Gasteiger partial charge in [-0.05, 0) is 13.3 Å². The van der Waals surface area contributed by atoms with Crippen LogP contribution in [-0.2, 0) is 9.53 Å². The first-order valence-corrected chi connectivity index (χ1v) is 4.04. The van der Waals surface area contributed by atoms with Crippen molar-refractivity contribution in [2.75, 3.05) is 6.61 Å². The summed E-state index contributed by atoms with van der Waals surface area (Å²) in [7, 11) is 0. The summed E-state index contributed by atoms with van der Waals surface area (Å²) in [6.45, 7) is 4.11. The molecule has 0 amide bonds. The molecule has 0 aromatic rings. The maximum Gasteiger partial charge on any atom is 0.308 e. The highest BCUT2D eigenvalue weighted by Gasteiger charge is 2.09. The topological polar surface area (TPSA) is 46.5 Å². The summed E-state index contributed by atoms with van der Waals surface area (Å²) in [6, 6.07) is 0. The standard InChI is InChI=1S/C8H16O3/c1-3-5-7(9)6-8(10)11-4-2/h7,9H,3-6H2,1-2H3/t7-/m0/s1. The van der Waals surface area contributed by atoms with E-state index < -0.39 is 6.10 Å². The number of hydrogen-bond donors (Lipinski definition) is 1. The molecule has 0 aliphatic rings. The zero-order chi connectivity index (χ0) is 8.69. The number of aliphatic hydroxyl groups excluding tert-OH is 1. The Hall–Kier alpha value is -0.570. The summed E-state index contributed by atoms with van der Waals surface area (Å²) in [6.07, 6.45) is 1.15. The van der Waals surface area contributed by atoms with Gasteiger partial charge in [-0.25, -0.2) is 0 Å². The average Bonchev–Trinajstić information content (AvgIpc) is 1.87. The van der Waals surface area contributed by atoms with Gasteiger partial charge in [-0.1, -0.05) is 13.3 Å². The van der Waals surface area contributed by atoms with Crippen molar-refractivity contribution in [1.82, 2.24) is 0 Å². The van der Waals surface area contributed by atoms with Crippen LogP contribution in [0.3, 0.4) is 0 Å². The Bertz CT molecular complexity index is 112. The van der Waals surface area contributed by atoms with E-state index in [4.69, 9.17) is 5.11 Å². The van der Waals surface area contributed by atoms with Crippen LogP contribution in [0.4, 0.5) is 0 Å². The number of aliphatic hydroxyl groups is 1. The fraction of sp³-hybridized carbons (Fsp3) is 0.875. The van der Waals surface area contributed by atoms with Crippen molar-refractivity contribution in [3.8, 4) is 0 Å². The molecule has 66 valence electrons. The third-order valence-corrected chi connectivity index (χ3v) is 1.33. The minimum atomic E-state index is -0.529. The number of rotatable bonds is 5. The van der Waals surface area contributed by atoms with Crippen molar-refractivity contribution >= 4 is 5.97 Å². The summed E-state index contributed by atoms with van der Waals surface area (Å²) in [5, 5.41) is 9.15. The van der Waals surface area contributed by atoms with E-state index in [9.17, 15) is 4.79 Å². The normalized spacial score (nSPS) is 12.6. The van der Waals surface area contributed by atoms with Crippen molar-refractivity contribution in [3.05, 3.63) is 0 Å². The minimum Gasteiger partial charge on any atom is -0.466 e. The van der Waals surface area contributed by atoms with Crippen LogP contribution >= 0.6 is 0 Å². The van der Waals surface area contributed by atoms with Crippen LogP contribution in [0.25, 0.3) is 0 Å². The van der Waals surface area contributed by atoms with E-state index in [2.05, 4.69) is 4.74 Å². The zero-order valence-corrected chi connectivity index (χ0v) is 7.17. The molecule has 0 bridgehead atoms. The lowest BCUT2D eigenvalue weighted by molar-refractivity contribution is -0.145. The lowest BCUT2D eigenvalue weighted by Gasteiger charge is -2.07. The maximum atomic E-state index is 10.7. The molecule has 11 heavy (non-hydrogen) atoms. The van der Waals surface area contributed by atoms with Crippen molar-refractivity contribution < 1.29 is 14.6 Å². The van der Waals surface area contributed by atoms with Gasteiger partial charge < -0.3 is 9.84 Å². The SMILES string of the molecule is CCC[C@H](O)CC(=O)OCC. The second kappa shape index (κ2) is 6.16. The van der Waals surface area contributed by atoms with Gasteiger partial charge in [0.05, 0.1) is 19.1 Å². The molecule has 0 rings (SSSR count). The molecule has 3 nitrogen and oxygen atoms in total. The van der Waals surface area contributed by atoms with Crippen LogP contribution < -0.4 is 0 Å². The number of esters is 1. The van der Waals surface area contributed by atoms with Crippen LogP contribution in [0.1, 0.15) is 33.1 Å². The fourth-order valence-corrected chi connectivity index (χ4v) is 0.848. The highest BCUT2D eigenvalue weighted by molar-refractivity contribution is 5.69. The molecule has 1 atom stereocenters. The van der Waals surface area contributed by atoms with E-state index in [1.807, 2.05) is 6.92 Å². The van der Waals surface area contributed by atoms with Gasteiger partial charge in [0.2, 0.25) is 0 Å². The van der Waals surface area contributed by atoms with Gasteiger partial charge in [-0.3, -0.25) is 4.79 Å². The monoisotopic (exact) mass is 160 g/mol. The van der Waals surface area contributed by atoms with Gasteiger partial charge in [-0.2, -0.15) is 0 Å². The van der Waals surface area contributed by atoms with Crippen molar-refractivity contribution in [2.45, 2.75) is 39.2 Å². The average molecular weight is 160 g/mol. The first-order valence-electron chi connectivity index (χ1n) is 4.04. The zero-order valence-electron chi connectivity index (χ0n) is 7.17. The second-order valence-corrected chi connectivity index (χ2v) is 2.45. The molecule has 0 unspecified atom stereocenters. The Morgan fingerprint density at radius 1 is 1.55 bits per heavy atom. The molecule has 0 aliphatic heterocycles. The summed E-state index contributed by atoms with van der Waals surface area (Å²) < 4.78 is 4.66.